The van der Waals surface area contributed by atoms with Crippen LogP contribution in [0, 0.1) is 6.92 Å². The lowest BCUT2D eigenvalue weighted by Gasteiger charge is -2.35. The summed E-state index contributed by atoms with van der Waals surface area (Å²) in [5.74, 6) is 0.260. The molecule has 1 saturated heterocycles. The molecule has 0 saturated carbocycles. The molecular weight excluding hydrogens is 388 g/mol. The number of aryl methyl sites for hydroxylation is 1. The van der Waals surface area contributed by atoms with E-state index in [1.807, 2.05) is 49.4 Å². The first kappa shape index (κ1) is 19.5. The number of amides is 1. The van der Waals surface area contributed by atoms with Gasteiger partial charge in [-0.2, -0.15) is 0 Å². The van der Waals surface area contributed by atoms with Gasteiger partial charge in [0, 0.05) is 48.5 Å². The molecule has 2 aromatic carbocycles. The molecule has 1 amide bonds. The number of benzene rings is 2. The minimum Gasteiger partial charge on any atom is -0.369 e. The van der Waals surface area contributed by atoms with Crippen molar-refractivity contribution in [1.82, 2.24) is 10.1 Å². The number of piperazine rings is 1. The van der Waals surface area contributed by atoms with Crippen LogP contribution < -0.4 is 10.2 Å². The molecular formula is C22H23ClN4O2. The topological polar surface area (TPSA) is 61.6 Å². The number of carbonyl (C=O) groups excluding carboxylic acids is 1. The van der Waals surface area contributed by atoms with Crippen molar-refractivity contribution in [2.45, 2.75) is 6.92 Å². The van der Waals surface area contributed by atoms with Crippen molar-refractivity contribution in [2.75, 3.05) is 42.9 Å². The van der Waals surface area contributed by atoms with E-state index < -0.39 is 0 Å². The van der Waals surface area contributed by atoms with E-state index in [1.54, 1.807) is 6.07 Å². The third-order valence-corrected chi connectivity index (χ3v) is 5.27. The van der Waals surface area contributed by atoms with Crippen LogP contribution in [0.1, 0.15) is 5.56 Å². The number of hydrogen-bond donors (Lipinski definition) is 1. The summed E-state index contributed by atoms with van der Waals surface area (Å²) in [6, 6.07) is 17.6. The van der Waals surface area contributed by atoms with Crippen molar-refractivity contribution >= 4 is 29.1 Å². The molecule has 6 nitrogen and oxygen atoms in total. The fourth-order valence-electron chi connectivity index (χ4n) is 3.41. The number of halogens is 1. The van der Waals surface area contributed by atoms with Gasteiger partial charge in [0.1, 0.15) is 5.69 Å². The molecule has 1 aliphatic heterocycles. The van der Waals surface area contributed by atoms with Gasteiger partial charge in [0.15, 0.2) is 0 Å². The van der Waals surface area contributed by atoms with Gasteiger partial charge in [-0.1, -0.05) is 52.7 Å². The first-order chi connectivity index (χ1) is 14.1. The van der Waals surface area contributed by atoms with Gasteiger partial charge in [0.05, 0.1) is 6.54 Å². The van der Waals surface area contributed by atoms with E-state index in [2.05, 4.69) is 26.3 Å². The first-order valence-corrected chi connectivity index (χ1v) is 10.0. The Morgan fingerprint density at radius 1 is 1.10 bits per heavy atom. The molecule has 1 fully saturated rings. The van der Waals surface area contributed by atoms with Gasteiger partial charge in [-0.05, 0) is 25.1 Å². The fourth-order valence-corrected chi connectivity index (χ4v) is 3.60. The lowest BCUT2D eigenvalue weighted by molar-refractivity contribution is -0.117. The van der Waals surface area contributed by atoms with Crippen molar-refractivity contribution in [3.63, 3.8) is 0 Å². The van der Waals surface area contributed by atoms with Gasteiger partial charge < -0.3 is 9.42 Å². The second-order valence-electron chi connectivity index (χ2n) is 7.23. The Kier molecular flexibility index (Phi) is 5.83. The van der Waals surface area contributed by atoms with Crippen molar-refractivity contribution < 1.29 is 9.32 Å². The molecule has 2 heterocycles. The SMILES string of the molecule is Cc1ccc(-c2cc(NC(=O)CN3CCN(c4cccc(Cl)c4)CC3)on2)cc1. The van der Waals surface area contributed by atoms with E-state index in [1.165, 1.54) is 5.56 Å². The summed E-state index contributed by atoms with van der Waals surface area (Å²) < 4.78 is 5.27. The summed E-state index contributed by atoms with van der Waals surface area (Å²) in [5, 5.41) is 7.58. The average Bonchev–Trinajstić information content (AvgIpc) is 3.17. The molecule has 0 unspecified atom stereocenters. The minimum absolute atomic E-state index is 0.104. The number of anilines is 2. The van der Waals surface area contributed by atoms with Gasteiger partial charge in [0.25, 0.3) is 0 Å². The molecule has 0 atom stereocenters. The zero-order valence-electron chi connectivity index (χ0n) is 16.3. The number of nitrogens with zero attached hydrogens (tertiary/aromatic N) is 3. The number of hydrogen-bond acceptors (Lipinski definition) is 5. The molecule has 0 bridgehead atoms. The van der Waals surface area contributed by atoms with Crippen LogP contribution in [0.2, 0.25) is 5.02 Å². The summed E-state index contributed by atoms with van der Waals surface area (Å²) in [6.07, 6.45) is 0. The van der Waals surface area contributed by atoms with Gasteiger partial charge in [0.2, 0.25) is 11.8 Å². The summed E-state index contributed by atoms with van der Waals surface area (Å²) in [4.78, 5) is 16.8. The highest BCUT2D eigenvalue weighted by Gasteiger charge is 2.20. The fraction of sp³-hybridized carbons (Fsp3) is 0.273. The molecule has 29 heavy (non-hydrogen) atoms. The van der Waals surface area contributed by atoms with Crippen molar-refractivity contribution in [3.05, 3.63) is 65.2 Å². The highest BCUT2D eigenvalue weighted by Crippen LogP contribution is 2.23. The molecule has 3 aromatic rings. The third-order valence-electron chi connectivity index (χ3n) is 5.03. The summed E-state index contributed by atoms with van der Waals surface area (Å²) in [7, 11) is 0. The van der Waals surface area contributed by atoms with Crippen molar-refractivity contribution in [1.29, 1.82) is 0 Å². The molecule has 1 aromatic heterocycles. The predicted octanol–water partition coefficient (Wildman–Crippen LogP) is 4.06. The maximum absolute atomic E-state index is 12.4. The molecule has 1 aliphatic rings. The number of rotatable bonds is 5. The monoisotopic (exact) mass is 410 g/mol. The molecule has 7 heteroatoms. The number of nitrogens with one attached hydrogen (secondary N) is 1. The Balaban J connectivity index is 1.28. The summed E-state index contributed by atoms with van der Waals surface area (Å²) in [5.41, 5.74) is 3.96. The standard InChI is InChI=1S/C22H23ClN4O2/c1-16-5-7-17(8-6-16)20-14-22(29-25-20)24-21(28)15-26-9-11-27(12-10-26)19-4-2-3-18(23)13-19/h2-8,13-14H,9-12,15H2,1H3,(H,24,28). The minimum atomic E-state index is -0.104. The lowest BCUT2D eigenvalue weighted by Crippen LogP contribution is -2.48. The maximum Gasteiger partial charge on any atom is 0.240 e. The zero-order valence-corrected chi connectivity index (χ0v) is 17.0. The number of carbonyl (C=O) groups is 1. The molecule has 0 radical (unpaired) electrons. The third kappa shape index (κ3) is 4.96. The Hall–Kier alpha value is -2.83. The average molecular weight is 411 g/mol. The second kappa shape index (κ2) is 8.68. The van der Waals surface area contributed by atoms with Crippen molar-refractivity contribution in [2.24, 2.45) is 0 Å². The van der Waals surface area contributed by atoms with E-state index in [-0.39, 0.29) is 5.91 Å². The van der Waals surface area contributed by atoms with Crippen LogP contribution in [-0.4, -0.2) is 48.7 Å². The smallest absolute Gasteiger partial charge is 0.240 e. The highest BCUT2D eigenvalue weighted by atomic mass is 35.5. The Morgan fingerprint density at radius 2 is 1.86 bits per heavy atom. The molecule has 150 valence electrons. The quantitative estimate of drug-likeness (QED) is 0.687. The van der Waals surface area contributed by atoms with Gasteiger partial charge in [-0.15, -0.1) is 0 Å². The summed E-state index contributed by atoms with van der Waals surface area (Å²) in [6.45, 7) is 5.69. The molecule has 0 aliphatic carbocycles. The zero-order chi connectivity index (χ0) is 20.2. The van der Waals surface area contributed by atoms with E-state index in [0.717, 1.165) is 42.5 Å². The molecule has 0 spiro atoms. The predicted molar refractivity (Wildman–Crippen MR) is 115 cm³/mol. The molecule has 1 N–H and O–H groups in total. The van der Waals surface area contributed by atoms with Crippen molar-refractivity contribution in [3.8, 4) is 11.3 Å². The van der Waals surface area contributed by atoms with Crippen LogP contribution in [0.3, 0.4) is 0 Å². The first-order valence-electron chi connectivity index (χ1n) is 9.63. The number of aromatic nitrogens is 1. The van der Waals surface area contributed by atoms with E-state index >= 15 is 0 Å². The van der Waals surface area contributed by atoms with Crippen LogP contribution in [0.5, 0.6) is 0 Å². The summed E-state index contributed by atoms with van der Waals surface area (Å²) >= 11 is 6.08. The van der Waals surface area contributed by atoms with Gasteiger partial charge in [-0.25, -0.2) is 0 Å². The second-order valence-corrected chi connectivity index (χ2v) is 7.67. The van der Waals surface area contributed by atoms with Crippen LogP contribution in [0.15, 0.2) is 59.1 Å². The van der Waals surface area contributed by atoms with Crippen LogP contribution in [0.25, 0.3) is 11.3 Å². The largest absolute Gasteiger partial charge is 0.369 e. The van der Waals surface area contributed by atoms with E-state index in [9.17, 15) is 4.79 Å². The molecule has 4 rings (SSSR count). The van der Waals surface area contributed by atoms with E-state index in [0.29, 0.717) is 18.1 Å². The van der Waals surface area contributed by atoms with E-state index in [4.69, 9.17) is 16.1 Å². The Labute approximate surface area is 175 Å². The van der Waals surface area contributed by atoms with Gasteiger partial charge >= 0.3 is 0 Å². The Bertz CT molecular complexity index is 978. The maximum atomic E-state index is 12.4. The highest BCUT2D eigenvalue weighted by molar-refractivity contribution is 6.30. The normalized spacial score (nSPS) is 14.8. The van der Waals surface area contributed by atoms with Crippen LogP contribution in [-0.2, 0) is 4.79 Å². The lowest BCUT2D eigenvalue weighted by atomic mass is 10.1. The van der Waals surface area contributed by atoms with Gasteiger partial charge in [-0.3, -0.25) is 15.0 Å². The van der Waals surface area contributed by atoms with Crippen LogP contribution >= 0.6 is 11.6 Å². The Morgan fingerprint density at radius 3 is 2.59 bits per heavy atom. The van der Waals surface area contributed by atoms with Crippen LogP contribution in [0.4, 0.5) is 11.6 Å².